The Bertz CT molecular complexity index is 898. The normalized spacial score (nSPS) is 30.3. The summed E-state index contributed by atoms with van der Waals surface area (Å²) in [5.74, 6) is 2.43. The maximum Gasteiger partial charge on any atom is 0.266 e. The molecule has 27 heavy (non-hydrogen) atoms. The molecule has 3 fully saturated rings. The fourth-order valence-corrected chi connectivity index (χ4v) is 6.46. The van der Waals surface area contributed by atoms with Gasteiger partial charge < -0.3 is 4.42 Å². The molecule has 2 heterocycles. The number of carbonyl (C=O) groups excluding carboxylic acids is 1. The van der Waals surface area contributed by atoms with Gasteiger partial charge in [-0.25, -0.2) is 0 Å². The topological polar surface area (TPSA) is 33.5 Å². The van der Waals surface area contributed by atoms with Crippen molar-refractivity contribution in [2.24, 2.45) is 11.8 Å². The zero-order valence-corrected chi connectivity index (χ0v) is 16.9. The Kier molecular flexibility index (Phi) is 4.60. The summed E-state index contributed by atoms with van der Waals surface area (Å²) in [6, 6.07) is 10.2. The number of hydrogen-bond donors (Lipinski definition) is 0. The Labute approximate surface area is 169 Å². The van der Waals surface area contributed by atoms with Crippen LogP contribution in [0.1, 0.15) is 50.7 Å². The summed E-state index contributed by atoms with van der Waals surface area (Å²) in [4.78, 5) is 15.7. The average Bonchev–Trinajstić information content (AvgIpc) is 3.21. The zero-order valence-electron chi connectivity index (χ0n) is 15.2. The van der Waals surface area contributed by atoms with E-state index in [1.807, 2.05) is 41.3 Å². The van der Waals surface area contributed by atoms with Crippen LogP contribution >= 0.6 is 24.0 Å². The number of rotatable bonds is 2. The maximum atomic E-state index is 13.1. The highest BCUT2D eigenvalue weighted by atomic mass is 32.2. The Morgan fingerprint density at radius 2 is 1.93 bits per heavy atom. The lowest BCUT2D eigenvalue weighted by molar-refractivity contribution is -0.124. The SMILES string of the molecule is O=C1/C(=C/c2cc3ccccc3o2)SC(=S)N1C1CCC2CCCCC2C1. The van der Waals surface area contributed by atoms with Crippen molar-refractivity contribution in [1.82, 2.24) is 4.90 Å². The Morgan fingerprint density at radius 3 is 2.78 bits per heavy atom. The molecule has 3 atom stereocenters. The van der Waals surface area contributed by atoms with E-state index in [1.54, 1.807) is 0 Å². The summed E-state index contributed by atoms with van der Waals surface area (Å²) >= 11 is 7.02. The van der Waals surface area contributed by atoms with Crippen LogP contribution in [-0.2, 0) is 4.79 Å². The number of benzene rings is 1. The van der Waals surface area contributed by atoms with Gasteiger partial charge in [-0.15, -0.1) is 0 Å². The summed E-state index contributed by atoms with van der Waals surface area (Å²) in [5.41, 5.74) is 0.842. The molecule has 2 saturated carbocycles. The molecular weight excluding hydrogens is 374 g/mol. The number of nitrogens with zero attached hydrogens (tertiary/aromatic N) is 1. The molecule has 3 unspecified atom stereocenters. The Morgan fingerprint density at radius 1 is 1.11 bits per heavy atom. The van der Waals surface area contributed by atoms with Gasteiger partial charge in [0, 0.05) is 17.5 Å². The highest BCUT2D eigenvalue weighted by Crippen LogP contribution is 2.44. The lowest BCUT2D eigenvalue weighted by Gasteiger charge is -2.41. The molecule has 1 saturated heterocycles. The lowest BCUT2D eigenvalue weighted by Crippen LogP contribution is -2.44. The second kappa shape index (κ2) is 7.10. The van der Waals surface area contributed by atoms with Gasteiger partial charge in [0.25, 0.3) is 5.91 Å². The summed E-state index contributed by atoms with van der Waals surface area (Å²) in [6.07, 6.45) is 10.7. The minimum Gasteiger partial charge on any atom is -0.457 e. The first kappa shape index (κ1) is 17.5. The molecule has 1 amide bonds. The third-order valence-corrected chi connectivity index (χ3v) is 7.75. The molecule has 0 spiro atoms. The fraction of sp³-hybridized carbons (Fsp3) is 0.455. The van der Waals surface area contributed by atoms with E-state index in [0.29, 0.717) is 15.0 Å². The number of amides is 1. The molecular formula is C22H23NO2S2. The number of hydrogen-bond acceptors (Lipinski definition) is 4. The van der Waals surface area contributed by atoms with E-state index in [1.165, 1.54) is 43.9 Å². The van der Waals surface area contributed by atoms with Crippen molar-refractivity contribution in [3.63, 3.8) is 0 Å². The molecule has 1 aliphatic heterocycles. The molecule has 2 aliphatic carbocycles. The minimum absolute atomic E-state index is 0.0599. The standard InChI is InChI=1S/C22H23NO2S2/c24-21-20(13-18-12-16-7-3-4-8-19(16)25-18)27-22(26)23(21)17-10-9-14-5-1-2-6-15(14)11-17/h3-4,7-8,12-15,17H,1-2,5-6,9-11H2/b20-13-. The predicted octanol–water partition coefficient (Wildman–Crippen LogP) is 5.99. The molecule has 3 nitrogen and oxygen atoms in total. The van der Waals surface area contributed by atoms with E-state index in [4.69, 9.17) is 16.6 Å². The smallest absolute Gasteiger partial charge is 0.266 e. The summed E-state index contributed by atoms with van der Waals surface area (Å²) in [6.45, 7) is 0. The summed E-state index contributed by atoms with van der Waals surface area (Å²) in [7, 11) is 0. The number of furan rings is 1. The summed E-state index contributed by atoms with van der Waals surface area (Å²) < 4.78 is 6.57. The van der Waals surface area contributed by atoms with Crippen molar-refractivity contribution < 1.29 is 9.21 Å². The van der Waals surface area contributed by atoms with E-state index in [2.05, 4.69) is 0 Å². The minimum atomic E-state index is 0.0599. The number of thiocarbonyl (C=S) groups is 1. The summed E-state index contributed by atoms with van der Waals surface area (Å²) in [5, 5.41) is 1.05. The van der Waals surface area contributed by atoms with Crippen molar-refractivity contribution in [2.75, 3.05) is 0 Å². The molecule has 1 aromatic heterocycles. The molecule has 0 radical (unpaired) electrons. The van der Waals surface area contributed by atoms with E-state index in [-0.39, 0.29) is 11.9 Å². The number of carbonyl (C=O) groups is 1. The zero-order chi connectivity index (χ0) is 18.4. The highest BCUT2D eigenvalue weighted by molar-refractivity contribution is 8.26. The average molecular weight is 398 g/mol. The number of fused-ring (bicyclic) bond motifs is 2. The van der Waals surface area contributed by atoms with Crippen LogP contribution in [0.2, 0.25) is 0 Å². The van der Waals surface area contributed by atoms with E-state index in [9.17, 15) is 4.79 Å². The van der Waals surface area contributed by atoms with Crippen LogP contribution in [0.15, 0.2) is 39.7 Å². The first-order valence-corrected chi connectivity index (χ1v) is 11.2. The van der Waals surface area contributed by atoms with E-state index < -0.39 is 0 Å². The number of thioether (sulfide) groups is 1. The predicted molar refractivity (Wildman–Crippen MR) is 114 cm³/mol. The van der Waals surface area contributed by atoms with Gasteiger partial charge in [0.15, 0.2) is 0 Å². The first-order chi connectivity index (χ1) is 13.2. The molecule has 140 valence electrons. The Balaban J connectivity index is 1.36. The third-order valence-electron chi connectivity index (χ3n) is 6.42. The van der Waals surface area contributed by atoms with Crippen LogP contribution in [-0.4, -0.2) is 21.2 Å². The quantitative estimate of drug-likeness (QED) is 0.460. The second-order valence-electron chi connectivity index (χ2n) is 8.01. The molecule has 5 rings (SSSR count). The first-order valence-electron chi connectivity index (χ1n) is 9.95. The van der Waals surface area contributed by atoms with Crippen LogP contribution in [0, 0.1) is 11.8 Å². The van der Waals surface area contributed by atoms with Gasteiger partial charge in [0.1, 0.15) is 15.7 Å². The largest absolute Gasteiger partial charge is 0.457 e. The van der Waals surface area contributed by atoms with E-state index >= 15 is 0 Å². The monoisotopic (exact) mass is 397 g/mol. The van der Waals surface area contributed by atoms with Crippen molar-refractivity contribution in [3.8, 4) is 0 Å². The van der Waals surface area contributed by atoms with Crippen LogP contribution < -0.4 is 0 Å². The number of para-hydroxylation sites is 1. The third kappa shape index (κ3) is 3.25. The van der Waals surface area contributed by atoms with Crippen LogP contribution in [0.25, 0.3) is 17.0 Å². The molecule has 1 aromatic carbocycles. The van der Waals surface area contributed by atoms with Crippen molar-refractivity contribution in [1.29, 1.82) is 0 Å². The van der Waals surface area contributed by atoms with Crippen LogP contribution in [0.5, 0.6) is 0 Å². The molecule has 0 bridgehead atoms. The van der Waals surface area contributed by atoms with Crippen molar-refractivity contribution >= 4 is 51.3 Å². The molecule has 0 N–H and O–H groups in total. The van der Waals surface area contributed by atoms with Gasteiger partial charge in [-0.2, -0.15) is 0 Å². The van der Waals surface area contributed by atoms with Crippen LogP contribution in [0.4, 0.5) is 0 Å². The van der Waals surface area contributed by atoms with Gasteiger partial charge >= 0.3 is 0 Å². The van der Waals surface area contributed by atoms with Gasteiger partial charge in [-0.3, -0.25) is 9.69 Å². The van der Waals surface area contributed by atoms with E-state index in [0.717, 1.165) is 35.6 Å². The molecule has 2 aromatic rings. The molecule has 5 heteroatoms. The van der Waals surface area contributed by atoms with Gasteiger partial charge in [0.05, 0.1) is 4.91 Å². The van der Waals surface area contributed by atoms with Gasteiger partial charge in [0.2, 0.25) is 0 Å². The molecule has 3 aliphatic rings. The van der Waals surface area contributed by atoms with Crippen molar-refractivity contribution in [2.45, 2.75) is 51.0 Å². The second-order valence-corrected chi connectivity index (χ2v) is 9.69. The van der Waals surface area contributed by atoms with Gasteiger partial charge in [-0.1, -0.05) is 67.9 Å². The van der Waals surface area contributed by atoms with Crippen molar-refractivity contribution in [3.05, 3.63) is 41.0 Å². The van der Waals surface area contributed by atoms with Gasteiger partial charge in [-0.05, 0) is 43.2 Å². The lowest BCUT2D eigenvalue weighted by atomic mass is 9.69. The Hall–Kier alpha value is -1.59. The highest BCUT2D eigenvalue weighted by Gasteiger charge is 2.41. The fourth-order valence-electron chi connectivity index (χ4n) is 5.08. The maximum absolute atomic E-state index is 13.1. The van der Waals surface area contributed by atoms with Crippen LogP contribution in [0.3, 0.4) is 0 Å².